The Kier molecular flexibility index (Phi) is 4.11. The molecule has 22 heavy (non-hydrogen) atoms. The zero-order valence-electron chi connectivity index (χ0n) is 13.0. The summed E-state index contributed by atoms with van der Waals surface area (Å²) in [7, 11) is 4.62. The van der Waals surface area contributed by atoms with Gasteiger partial charge in [-0.3, -0.25) is 4.79 Å². The van der Waals surface area contributed by atoms with E-state index in [-0.39, 0.29) is 11.9 Å². The molecular weight excluding hydrogens is 286 g/mol. The summed E-state index contributed by atoms with van der Waals surface area (Å²) in [5.74, 6) is 1.78. The SMILES string of the molecule is COc1cc(OC)c(C(=O)N[C@@H]2C[C@@H]3OCC[C@@H]32)cc1OC. The molecular formula is C16H21NO5. The quantitative estimate of drug-likeness (QED) is 0.895. The van der Waals surface area contributed by atoms with Crippen LogP contribution in [0.15, 0.2) is 12.1 Å². The number of nitrogens with one attached hydrogen (secondary N) is 1. The van der Waals surface area contributed by atoms with Gasteiger partial charge in [0, 0.05) is 30.7 Å². The van der Waals surface area contributed by atoms with Crippen LogP contribution in [0.5, 0.6) is 17.2 Å². The molecule has 0 bridgehead atoms. The highest BCUT2D eigenvalue weighted by molar-refractivity contribution is 5.98. The average Bonchev–Trinajstić information content (AvgIpc) is 2.91. The molecule has 1 amide bonds. The third-order valence-corrected chi connectivity index (χ3v) is 4.53. The van der Waals surface area contributed by atoms with Gasteiger partial charge in [0.25, 0.3) is 5.91 Å². The van der Waals surface area contributed by atoms with Crippen molar-refractivity contribution in [1.29, 1.82) is 0 Å². The lowest BCUT2D eigenvalue weighted by molar-refractivity contribution is 0.00806. The van der Waals surface area contributed by atoms with E-state index in [1.165, 1.54) is 7.11 Å². The first-order valence-corrected chi connectivity index (χ1v) is 7.40. The molecule has 0 spiro atoms. The highest BCUT2D eigenvalue weighted by Crippen LogP contribution is 2.39. The predicted octanol–water partition coefficient (Wildman–Crippen LogP) is 1.62. The Bertz CT molecular complexity index is 574. The second-order valence-corrected chi connectivity index (χ2v) is 5.58. The molecule has 1 saturated heterocycles. The smallest absolute Gasteiger partial charge is 0.255 e. The fraction of sp³-hybridized carbons (Fsp3) is 0.562. The Balaban J connectivity index is 1.79. The van der Waals surface area contributed by atoms with Crippen molar-refractivity contribution in [3.63, 3.8) is 0 Å². The van der Waals surface area contributed by atoms with Crippen LogP contribution in [0, 0.1) is 5.92 Å². The van der Waals surface area contributed by atoms with E-state index in [4.69, 9.17) is 18.9 Å². The van der Waals surface area contributed by atoms with Gasteiger partial charge >= 0.3 is 0 Å². The van der Waals surface area contributed by atoms with E-state index in [1.807, 2.05) is 0 Å². The number of hydrogen-bond donors (Lipinski definition) is 1. The summed E-state index contributed by atoms with van der Waals surface area (Å²) in [5.41, 5.74) is 0.447. The van der Waals surface area contributed by atoms with E-state index in [0.717, 1.165) is 19.4 Å². The molecule has 1 aliphatic carbocycles. The van der Waals surface area contributed by atoms with E-state index >= 15 is 0 Å². The molecule has 3 atom stereocenters. The fourth-order valence-corrected chi connectivity index (χ4v) is 3.22. The number of hydrogen-bond acceptors (Lipinski definition) is 5. The molecule has 0 aromatic heterocycles. The first kappa shape index (κ1) is 15.0. The molecule has 0 unspecified atom stereocenters. The van der Waals surface area contributed by atoms with Gasteiger partial charge in [-0.05, 0) is 12.8 Å². The van der Waals surface area contributed by atoms with Crippen LogP contribution < -0.4 is 19.5 Å². The van der Waals surface area contributed by atoms with Crippen molar-refractivity contribution in [1.82, 2.24) is 5.32 Å². The Hall–Kier alpha value is -1.95. The molecule has 6 heteroatoms. The third kappa shape index (κ3) is 2.47. The maximum absolute atomic E-state index is 12.6. The van der Waals surface area contributed by atoms with E-state index in [2.05, 4.69) is 5.32 Å². The number of rotatable bonds is 5. The summed E-state index contributed by atoms with van der Waals surface area (Å²) in [6, 6.07) is 3.49. The maximum Gasteiger partial charge on any atom is 0.255 e. The molecule has 6 nitrogen and oxygen atoms in total. The molecule has 1 heterocycles. The lowest BCUT2D eigenvalue weighted by Crippen LogP contribution is -2.53. The lowest BCUT2D eigenvalue weighted by atomic mass is 9.76. The summed E-state index contributed by atoms with van der Waals surface area (Å²) in [6.07, 6.45) is 2.21. The molecule has 1 saturated carbocycles. The summed E-state index contributed by atoms with van der Waals surface area (Å²) in [6.45, 7) is 0.793. The van der Waals surface area contributed by atoms with Gasteiger partial charge in [-0.15, -0.1) is 0 Å². The van der Waals surface area contributed by atoms with Crippen LogP contribution in [0.4, 0.5) is 0 Å². The molecule has 1 aromatic carbocycles. The maximum atomic E-state index is 12.6. The van der Waals surface area contributed by atoms with Gasteiger partial charge < -0.3 is 24.3 Å². The van der Waals surface area contributed by atoms with Crippen molar-refractivity contribution >= 4 is 5.91 Å². The van der Waals surface area contributed by atoms with Gasteiger partial charge in [-0.1, -0.05) is 0 Å². The van der Waals surface area contributed by atoms with Crippen LogP contribution in [0.3, 0.4) is 0 Å². The van der Waals surface area contributed by atoms with Crippen molar-refractivity contribution in [3.8, 4) is 17.2 Å². The van der Waals surface area contributed by atoms with Gasteiger partial charge in [0.2, 0.25) is 0 Å². The highest BCUT2D eigenvalue weighted by atomic mass is 16.5. The van der Waals surface area contributed by atoms with Crippen molar-refractivity contribution < 1.29 is 23.7 Å². The van der Waals surface area contributed by atoms with E-state index in [9.17, 15) is 4.79 Å². The molecule has 0 radical (unpaired) electrons. The summed E-state index contributed by atoms with van der Waals surface area (Å²) in [5, 5.41) is 3.07. The van der Waals surface area contributed by atoms with Crippen molar-refractivity contribution in [2.75, 3.05) is 27.9 Å². The topological polar surface area (TPSA) is 66.0 Å². The summed E-state index contributed by atoms with van der Waals surface area (Å²) >= 11 is 0. The second-order valence-electron chi connectivity index (χ2n) is 5.58. The molecule has 2 fully saturated rings. The van der Waals surface area contributed by atoms with E-state index in [1.54, 1.807) is 26.4 Å². The molecule has 2 aliphatic rings. The number of benzene rings is 1. The highest BCUT2D eigenvalue weighted by Gasteiger charge is 2.45. The van der Waals surface area contributed by atoms with Crippen LogP contribution in [0.2, 0.25) is 0 Å². The Labute approximate surface area is 129 Å². The minimum Gasteiger partial charge on any atom is -0.496 e. The number of ether oxygens (including phenoxy) is 4. The first-order chi connectivity index (χ1) is 10.7. The van der Waals surface area contributed by atoms with Gasteiger partial charge in [-0.25, -0.2) is 0 Å². The molecule has 1 aliphatic heterocycles. The van der Waals surface area contributed by atoms with Crippen LogP contribution in [-0.4, -0.2) is 46.0 Å². The predicted molar refractivity (Wildman–Crippen MR) is 79.8 cm³/mol. The largest absolute Gasteiger partial charge is 0.496 e. The molecule has 120 valence electrons. The number of carbonyl (C=O) groups is 1. The lowest BCUT2D eigenvalue weighted by Gasteiger charge is -2.39. The monoisotopic (exact) mass is 307 g/mol. The normalized spacial score (nSPS) is 25.9. The minimum atomic E-state index is -0.159. The Morgan fingerprint density at radius 1 is 1.14 bits per heavy atom. The Morgan fingerprint density at radius 3 is 2.45 bits per heavy atom. The molecule has 3 rings (SSSR count). The molecule has 1 aromatic rings. The third-order valence-electron chi connectivity index (χ3n) is 4.53. The number of carbonyl (C=O) groups excluding carboxylic acids is 1. The van der Waals surface area contributed by atoms with Crippen LogP contribution in [0.1, 0.15) is 23.2 Å². The zero-order valence-corrected chi connectivity index (χ0v) is 13.0. The van der Waals surface area contributed by atoms with Crippen LogP contribution in [0.25, 0.3) is 0 Å². The Morgan fingerprint density at radius 2 is 1.82 bits per heavy atom. The van der Waals surface area contributed by atoms with Crippen molar-refractivity contribution in [2.24, 2.45) is 5.92 Å². The van der Waals surface area contributed by atoms with Gasteiger partial charge in [0.1, 0.15) is 5.75 Å². The van der Waals surface area contributed by atoms with Gasteiger partial charge in [0.15, 0.2) is 11.5 Å². The second kappa shape index (κ2) is 6.04. The summed E-state index contributed by atoms with van der Waals surface area (Å²) < 4.78 is 21.4. The standard InChI is InChI=1S/C16H21NO5/c1-19-12-8-15(21-3)14(20-2)6-10(12)16(18)17-11-7-13-9(11)4-5-22-13/h6,8-9,11,13H,4-5,7H2,1-3H3,(H,17,18)/t9-,11-,13+/m1/s1. The average molecular weight is 307 g/mol. The van der Waals surface area contributed by atoms with Gasteiger partial charge in [0.05, 0.1) is 33.0 Å². The van der Waals surface area contributed by atoms with Crippen LogP contribution >= 0.6 is 0 Å². The molecule has 1 N–H and O–H groups in total. The van der Waals surface area contributed by atoms with Crippen LogP contribution in [-0.2, 0) is 4.74 Å². The number of methoxy groups -OCH3 is 3. The number of fused-ring (bicyclic) bond motifs is 1. The van der Waals surface area contributed by atoms with Gasteiger partial charge in [-0.2, -0.15) is 0 Å². The minimum absolute atomic E-state index is 0.159. The summed E-state index contributed by atoms with van der Waals surface area (Å²) in [4.78, 5) is 12.6. The fourth-order valence-electron chi connectivity index (χ4n) is 3.22. The number of amides is 1. The zero-order chi connectivity index (χ0) is 15.7. The first-order valence-electron chi connectivity index (χ1n) is 7.40. The van der Waals surface area contributed by atoms with Crippen molar-refractivity contribution in [3.05, 3.63) is 17.7 Å². The van der Waals surface area contributed by atoms with Crippen molar-refractivity contribution in [2.45, 2.75) is 25.0 Å². The van der Waals surface area contributed by atoms with E-state index in [0.29, 0.717) is 34.8 Å². The van der Waals surface area contributed by atoms with E-state index < -0.39 is 0 Å².